The zero-order valence-electron chi connectivity index (χ0n) is 6.53. The standard InChI is InChI=1S/C7H6BrN5/c8-4-1-5(7(9)10-2-4)6-3-11-13-12-6/h1-3H,(H2,9,10)(H,11,12,13). The van der Waals surface area contributed by atoms with Crippen LogP contribution < -0.4 is 5.73 Å². The van der Waals surface area contributed by atoms with Crippen LogP contribution in [0.1, 0.15) is 0 Å². The van der Waals surface area contributed by atoms with Crippen molar-refractivity contribution in [3.05, 3.63) is 22.9 Å². The van der Waals surface area contributed by atoms with E-state index >= 15 is 0 Å². The van der Waals surface area contributed by atoms with E-state index in [9.17, 15) is 0 Å². The van der Waals surface area contributed by atoms with Gasteiger partial charge in [0.25, 0.3) is 0 Å². The second kappa shape index (κ2) is 3.14. The van der Waals surface area contributed by atoms with Crippen LogP contribution in [0.25, 0.3) is 11.3 Å². The van der Waals surface area contributed by atoms with E-state index in [1.54, 1.807) is 12.4 Å². The molecule has 0 aliphatic rings. The smallest absolute Gasteiger partial charge is 0.133 e. The molecule has 0 saturated carbocycles. The lowest BCUT2D eigenvalue weighted by Gasteiger charge is -2.00. The van der Waals surface area contributed by atoms with Crippen LogP contribution in [0, 0.1) is 0 Å². The fourth-order valence-corrected chi connectivity index (χ4v) is 1.32. The van der Waals surface area contributed by atoms with Crippen LogP contribution in [0.4, 0.5) is 5.82 Å². The Morgan fingerprint density at radius 1 is 1.38 bits per heavy atom. The number of rotatable bonds is 1. The average Bonchev–Trinajstić information content (AvgIpc) is 2.61. The highest BCUT2D eigenvalue weighted by atomic mass is 79.9. The molecule has 2 aromatic heterocycles. The third-order valence-electron chi connectivity index (χ3n) is 1.58. The van der Waals surface area contributed by atoms with Gasteiger partial charge in [0.05, 0.1) is 6.20 Å². The molecule has 0 aromatic carbocycles. The van der Waals surface area contributed by atoms with E-state index in [-0.39, 0.29) is 0 Å². The maximum Gasteiger partial charge on any atom is 0.133 e. The number of anilines is 1. The highest BCUT2D eigenvalue weighted by Gasteiger charge is 2.06. The van der Waals surface area contributed by atoms with Crippen molar-refractivity contribution >= 4 is 21.7 Å². The van der Waals surface area contributed by atoms with Gasteiger partial charge in [-0.25, -0.2) is 4.98 Å². The van der Waals surface area contributed by atoms with Crippen molar-refractivity contribution in [1.29, 1.82) is 0 Å². The monoisotopic (exact) mass is 239 g/mol. The number of nitrogen functional groups attached to an aromatic ring is 1. The average molecular weight is 240 g/mol. The Morgan fingerprint density at radius 2 is 2.23 bits per heavy atom. The lowest BCUT2D eigenvalue weighted by atomic mass is 10.2. The van der Waals surface area contributed by atoms with Crippen LogP contribution in [0.2, 0.25) is 0 Å². The van der Waals surface area contributed by atoms with Crippen LogP contribution >= 0.6 is 15.9 Å². The van der Waals surface area contributed by atoms with E-state index in [1.807, 2.05) is 6.07 Å². The molecule has 0 bridgehead atoms. The summed E-state index contributed by atoms with van der Waals surface area (Å²) in [7, 11) is 0. The molecule has 2 heterocycles. The highest BCUT2D eigenvalue weighted by Crippen LogP contribution is 2.24. The summed E-state index contributed by atoms with van der Waals surface area (Å²) in [6.07, 6.45) is 3.23. The number of halogens is 1. The minimum Gasteiger partial charge on any atom is -0.383 e. The number of nitrogens with zero attached hydrogens (tertiary/aromatic N) is 3. The van der Waals surface area contributed by atoms with Gasteiger partial charge in [-0.2, -0.15) is 15.4 Å². The first kappa shape index (κ1) is 8.18. The van der Waals surface area contributed by atoms with Gasteiger partial charge in [0.1, 0.15) is 11.5 Å². The van der Waals surface area contributed by atoms with Crippen molar-refractivity contribution in [2.45, 2.75) is 0 Å². The van der Waals surface area contributed by atoms with E-state index < -0.39 is 0 Å². The van der Waals surface area contributed by atoms with Crippen LogP contribution in [-0.2, 0) is 0 Å². The second-order valence-electron chi connectivity index (χ2n) is 2.44. The molecule has 0 aliphatic heterocycles. The molecule has 13 heavy (non-hydrogen) atoms. The quantitative estimate of drug-likeness (QED) is 0.784. The van der Waals surface area contributed by atoms with Crippen LogP contribution in [0.5, 0.6) is 0 Å². The van der Waals surface area contributed by atoms with Gasteiger partial charge in [0.15, 0.2) is 0 Å². The van der Waals surface area contributed by atoms with Crippen LogP contribution in [0.3, 0.4) is 0 Å². The SMILES string of the molecule is Nc1ncc(Br)cc1-c1cn[nH]n1. The largest absolute Gasteiger partial charge is 0.383 e. The Bertz CT molecular complexity index is 411. The molecule has 0 saturated heterocycles. The Hall–Kier alpha value is -1.43. The fourth-order valence-electron chi connectivity index (χ4n) is 0.986. The van der Waals surface area contributed by atoms with Gasteiger partial charge in [0, 0.05) is 16.2 Å². The van der Waals surface area contributed by atoms with Gasteiger partial charge >= 0.3 is 0 Å². The normalized spacial score (nSPS) is 10.2. The Kier molecular flexibility index (Phi) is 1.97. The molecule has 0 atom stereocenters. The number of hydrogen-bond donors (Lipinski definition) is 2. The predicted octanol–water partition coefficient (Wildman–Crippen LogP) is 1.21. The third kappa shape index (κ3) is 1.52. The van der Waals surface area contributed by atoms with Gasteiger partial charge in [-0.1, -0.05) is 0 Å². The van der Waals surface area contributed by atoms with Crippen molar-refractivity contribution in [3.63, 3.8) is 0 Å². The minimum absolute atomic E-state index is 0.442. The lowest BCUT2D eigenvalue weighted by Crippen LogP contribution is -1.93. The predicted molar refractivity (Wildman–Crippen MR) is 51.7 cm³/mol. The fraction of sp³-hybridized carbons (Fsp3) is 0. The molecule has 0 aliphatic carbocycles. The summed E-state index contributed by atoms with van der Waals surface area (Å²) in [4.78, 5) is 3.98. The lowest BCUT2D eigenvalue weighted by molar-refractivity contribution is 0.942. The summed E-state index contributed by atoms with van der Waals surface area (Å²) in [5.41, 5.74) is 7.12. The second-order valence-corrected chi connectivity index (χ2v) is 3.36. The number of aromatic amines is 1. The van der Waals surface area contributed by atoms with E-state index in [1.165, 1.54) is 0 Å². The van der Waals surface area contributed by atoms with E-state index in [2.05, 4.69) is 36.3 Å². The van der Waals surface area contributed by atoms with Crippen molar-refractivity contribution in [2.75, 3.05) is 5.73 Å². The Morgan fingerprint density at radius 3 is 2.92 bits per heavy atom. The van der Waals surface area contributed by atoms with E-state index in [0.29, 0.717) is 11.5 Å². The van der Waals surface area contributed by atoms with Crippen LogP contribution in [0.15, 0.2) is 22.9 Å². The van der Waals surface area contributed by atoms with Crippen molar-refractivity contribution in [2.24, 2.45) is 0 Å². The maximum atomic E-state index is 5.67. The maximum absolute atomic E-state index is 5.67. The molecule has 0 radical (unpaired) electrons. The van der Waals surface area contributed by atoms with Crippen molar-refractivity contribution < 1.29 is 0 Å². The first-order valence-electron chi connectivity index (χ1n) is 3.54. The zero-order chi connectivity index (χ0) is 9.26. The molecular formula is C7H6BrN5. The molecule has 66 valence electrons. The zero-order valence-corrected chi connectivity index (χ0v) is 8.12. The molecule has 0 spiro atoms. The topological polar surface area (TPSA) is 80.5 Å². The number of nitrogens with two attached hydrogens (primary N) is 1. The molecule has 0 unspecified atom stereocenters. The van der Waals surface area contributed by atoms with Gasteiger partial charge in [-0.05, 0) is 22.0 Å². The highest BCUT2D eigenvalue weighted by molar-refractivity contribution is 9.10. The first-order valence-corrected chi connectivity index (χ1v) is 4.34. The number of H-pyrrole nitrogens is 1. The molecule has 2 aromatic rings. The molecule has 5 nitrogen and oxygen atoms in total. The number of pyridine rings is 1. The summed E-state index contributed by atoms with van der Waals surface area (Å²) < 4.78 is 0.861. The Labute approximate surface area is 82.5 Å². The Balaban J connectivity index is 2.57. The summed E-state index contributed by atoms with van der Waals surface area (Å²) in [6, 6.07) is 1.85. The molecule has 2 rings (SSSR count). The van der Waals surface area contributed by atoms with Gasteiger partial charge in [0.2, 0.25) is 0 Å². The van der Waals surface area contributed by atoms with Gasteiger partial charge in [-0.3, -0.25) is 0 Å². The number of nitrogens with one attached hydrogen (secondary N) is 1. The van der Waals surface area contributed by atoms with E-state index in [0.717, 1.165) is 10.0 Å². The van der Waals surface area contributed by atoms with Gasteiger partial charge < -0.3 is 5.73 Å². The summed E-state index contributed by atoms with van der Waals surface area (Å²) in [5.74, 6) is 0.442. The third-order valence-corrected chi connectivity index (χ3v) is 2.01. The molecule has 0 fully saturated rings. The van der Waals surface area contributed by atoms with E-state index in [4.69, 9.17) is 5.73 Å². The summed E-state index contributed by atoms with van der Waals surface area (Å²) >= 11 is 3.31. The van der Waals surface area contributed by atoms with Crippen molar-refractivity contribution in [3.8, 4) is 11.3 Å². The summed E-state index contributed by atoms with van der Waals surface area (Å²) in [6.45, 7) is 0. The molecular weight excluding hydrogens is 234 g/mol. The minimum atomic E-state index is 0.442. The molecule has 3 N–H and O–H groups in total. The molecule has 6 heteroatoms. The molecule has 0 amide bonds. The van der Waals surface area contributed by atoms with Crippen LogP contribution in [-0.4, -0.2) is 20.4 Å². The van der Waals surface area contributed by atoms with Crippen molar-refractivity contribution in [1.82, 2.24) is 20.4 Å². The summed E-state index contributed by atoms with van der Waals surface area (Å²) in [5, 5.41) is 10.1. The number of hydrogen-bond acceptors (Lipinski definition) is 4. The number of aromatic nitrogens is 4. The first-order chi connectivity index (χ1) is 6.27. The van der Waals surface area contributed by atoms with Gasteiger partial charge in [-0.15, -0.1) is 0 Å².